The molecule has 2 aromatic heterocycles. The summed E-state index contributed by atoms with van der Waals surface area (Å²) in [5.74, 6) is -1.11. The average molecular weight is 375 g/mol. The van der Waals surface area contributed by atoms with Gasteiger partial charge in [0, 0.05) is 6.07 Å². The predicted molar refractivity (Wildman–Crippen MR) is 91.7 cm³/mol. The van der Waals surface area contributed by atoms with Crippen LogP contribution in [-0.4, -0.2) is 10.5 Å². The number of aryl methyl sites for hydroxylation is 1. The van der Waals surface area contributed by atoms with Crippen molar-refractivity contribution in [3.05, 3.63) is 58.3 Å². The molecular weight excluding hydrogens is 363 g/mol. The zero-order chi connectivity index (χ0) is 18.0. The van der Waals surface area contributed by atoms with Crippen LogP contribution in [0.2, 0.25) is 10.0 Å². The number of benzene rings is 1. The lowest BCUT2D eigenvalue weighted by atomic mass is 10.3. The van der Waals surface area contributed by atoms with Crippen molar-refractivity contribution in [3.63, 3.8) is 0 Å². The molecule has 0 saturated carbocycles. The van der Waals surface area contributed by atoms with Gasteiger partial charge in [0.15, 0.2) is 0 Å². The number of nitrogens with zero attached hydrogens (tertiary/aromatic N) is 3. The van der Waals surface area contributed by atoms with Gasteiger partial charge in [0.05, 0.1) is 34.4 Å². The first-order valence-electron chi connectivity index (χ1n) is 7.36. The Balaban J connectivity index is 2.08. The van der Waals surface area contributed by atoms with E-state index in [2.05, 4.69) is 5.32 Å². The lowest BCUT2D eigenvalue weighted by Crippen LogP contribution is -2.31. The van der Waals surface area contributed by atoms with Gasteiger partial charge >= 0.3 is 0 Å². The van der Waals surface area contributed by atoms with E-state index in [1.807, 2.05) is 6.07 Å². The first kappa shape index (κ1) is 17.1. The number of hydrogen-bond acceptors (Lipinski definition) is 3. The van der Waals surface area contributed by atoms with Gasteiger partial charge in [-0.2, -0.15) is 9.66 Å². The summed E-state index contributed by atoms with van der Waals surface area (Å²) in [6, 6.07) is 12.0. The third kappa shape index (κ3) is 3.12. The number of aromatic nitrogens is 2. The number of carbonyl (C=O) groups is 1. The van der Waals surface area contributed by atoms with Gasteiger partial charge in [0.2, 0.25) is 5.69 Å². The number of carbonyl (C=O) groups excluding carboxylic acids is 1. The van der Waals surface area contributed by atoms with Crippen LogP contribution >= 0.6 is 23.2 Å². The van der Waals surface area contributed by atoms with Crippen LogP contribution in [-0.2, 0) is 6.54 Å². The van der Waals surface area contributed by atoms with Gasteiger partial charge in [0.1, 0.15) is 12.4 Å². The quantitative estimate of drug-likeness (QED) is 0.712. The fraction of sp³-hybridized carbons (Fsp3) is 0.118. The monoisotopic (exact) mass is 374 g/mol. The summed E-state index contributed by atoms with van der Waals surface area (Å²) in [7, 11) is 0. The van der Waals surface area contributed by atoms with E-state index < -0.39 is 11.8 Å². The highest BCUT2D eigenvalue weighted by Gasteiger charge is 2.25. The van der Waals surface area contributed by atoms with Crippen molar-refractivity contribution in [2.45, 2.75) is 13.0 Å². The summed E-state index contributed by atoms with van der Waals surface area (Å²) in [5.41, 5.74) is 0.687. The number of nitriles is 1. The lowest BCUT2D eigenvalue weighted by molar-refractivity contribution is -0.516. The van der Waals surface area contributed by atoms with E-state index in [1.165, 1.54) is 8.97 Å². The normalized spacial score (nSPS) is 10.6. The maximum absolute atomic E-state index is 12.7. The molecule has 1 N–H and O–H groups in total. The first-order chi connectivity index (χ1) is 12.0. The Labute approximate surface area is 153 Å². The molecule has 0 atom stereocenters. The van der Waals surface area contributed by atoms with Crippen molar-refractivity contribution in [1.82, 2.24) is 4.57 Å². The Kier molecular flexibility index (Phi) is 4.79. The molecule has 1 aromatic carbocycles. The minimum atomic E-state index is -0.628. The van der Waals surface area contributed by atoms with E-state index in [-0.39, 0.29) is 34.4 Å². The number of rotatable bonds is 4. The van der Waals surface area contributed by atoms with Gasteiger partial charge in [-0.3, -0.25) is 4.79 Å². The molecule has 0 radical (unpaired) electrons. The van der Waals surface area contributed by atoms with Gasteiger partial charge in [-0.15, -0.1) is 0 Å². The number of fused-ring (bicyclic) bond motifs is 1. The van der Waals surface area contributed by atoms with E-state index >= 15 is 0 Å². The van der Waals surface area contributed by atoms with E-state index in [0.717, 1.165) is 0 Å². The predicted octanol–water partition coefficient (Wildman–Crippen LogP) is 2.77. The summed E-state index contributed by atoms with van der Waals surface area (Å²) in [6.07, 6.45) is 1.77. The van der Waals surface area contributed by atoms with Crippen LogP contribution in [0.3, 0.4) is 0 Å². The maximum atomic E-state index is 12.7. The molecule has 25 heavy (non-hydrogen) atoms. The average Bonchev–Trinajstić information content (AvgIpc) is 2.88. The Morgan fingerprint density at radius 1 is 1.24 bits per heavy atom. The molecule has 8 heteroatoms. The van der Waals surface area contributed by atoms with Gasteiger partial charge in [0.25, 0.3) is 11.6 Å². The Morgan fingerprint density at radius 2 is 1.96 bits per heavy atom. The van der Waals surface area contributed by atoms with Crippen molar-refractivity contribution in [2.75, 3.05) is 5.32 Å². The number of pyridine rings is 1. The molecule has 2 heterocycles. The van der Waals surface area contributed by atoms with Gasteiger partial charge in [-0.25, -0.2) is 4.57 Å². The molecule has 3 rings (SSSR count). The molecule has 126 valence electrons. The van der Waals surface area contributed by atoms with Crippen LogP contribution in [0.5, 0.6) is 5.88 Å². The van der Waals surface area contributed by atoms with Crippen molar-refractivity contribution >= 4 is 40.4 Å². The first-order valence-corrected chi connectivity index (χ1v) is 8.12. The van der Waals surface area contributed by atoms with Crippen LogP contribution < -0.4 is 14.8 Å². The zero-order valence-corrected chi connectivity index (χ0v) is 14.4. The van der Waals surface area contributed by atoms with E-state index in [1.54, 1.807) is 42.6 Å². The summed E-state index contributed by atoms with van der Waals surface area (Å²) < 4.78 is 2.88. The molecule has 0 spiro atoms. The van der Waals surface area contributed by atoms with E-state index in [0.29, 0.717) is 5.65 Å². The number of halogens is 2. The minimum Gasteiger partial charge on any atom is -0.839 e. The molecule has 0 fully saturated rings. The molecular formula is C17H12Cl2N4O2. The lowest BCUT2D eigenvalue weighted by Gasteiger charge is -2.09. The number of para-hydroxylation sites is 1. The highest BCUT2D eigenvalue weighted by molar-refractivity contribution is 6.40. The second-order valence-corrected chi connectivity index (χ2v) is 6.01. The summed E-state index contributed by atoms with van der Waals surface area (Å²) in [6.45, 7) is 0.197. The van der Waals surface area contributed by atoms with Crippen molar-refractivity contribution in [1.29, 1.82) is 5.26 Å². The highest BCUT2D eigenvalue weighted by atomic mass is 35.5. The third-order valence-electron chi connectivity index (χ3n) is 3.67. The summed E-state index contributed by atoms with van der Waals surface area (Å²) >= 11 is 12.1. The maximum Gasteiger partial charge on any atom is 0.299 e. The van der Waals surface area contributed by atoms with Crippen molar-refractivity contribution < 1.29 is 14.3 Å². The van der Waals surface area contributed by atoms with Crippen LogP contribution in [0.1, 0.15) is 16.9 Å². The number of amides is 1. The number of hydrogen-bond donors (Lipinski definition) is 1. The molecule has 0 aliphatic carbocycles. The van der Waals surface area contributed by atoms with Crippen molar-refractivity contribution in [2.24, 2.45) is 0 Å². The molecule has 0 aliphatic rings. The molecule has 0 saturated heterocycles. The van der Waals surface area contributed by atoms with Crippen molar-refractivity contribution in [3.8, 4) is 11.9 Å². The zero-order valence-electron chi connectivity index (χ0n) is 12.9. The molecule has 0 unspecified atom stereocenters. The van der Waals surface area contributed by atoms with Gasteiger partial charge in [-0.05, 0) is 18.2 Å². The van der Waals surface area contributed by atoms with E-state index in [9.17, 15) is 9.90 Å². The Bertz CT molecular complexity index is 988. The van der Waals surface area contributed by atoms with Crippen LogP contribution in [0, 0.1) is 11.3 Å². The largest absolute Gasteiger partial charge is 0.839 e. The minimum absolute atomic E-state index is 0.0791. The van der Waals surface area contributed by atoms with Crippen LogP contribution in [0.15, 0.2) is 42.6 Å². The number of anilines is 1. The smallest absolute Gasteiger partial charge is 0.299 e. The summed E-state index contributed by atoms with van der Waals surface area (Å²) in [5, 5.41) is 24.6. The Hall–Kier alpha value is -2.75. The molecule has 3 aromatic rings. The second kappa shape index (κ2) is 7.01. The third-order valence-corrected chi connectivity index (χ3v) is 4.30. The number of imidazole rings is 1. The molecule has 0 aliphatic heterocycles. The molecule has 6 nitrogen and oxygen atoms in total. The summed E-state index contributed by atoms with van der Waals surface area (Å²) in [4.78, 5) is 12.7. The van der Waals surface area contributed by atoms with Gasteiger partial charge < -0.3 is 10.4 Å². The fourth-order valence-corrected chi connectivity index (χ4v) is 3.04. The second-order valence-electron chi connectivity index (χ2n) is 5.19. The SMILES string of the molecule is N#CCCn1c([O-])c(C(=O)Nc2c(Cl)cccc2Cl)[n+]2ccccc12. The molecule has 0 bridgehead atoms. The molecule has 1 amide bonds. The standard InChI is InChI=1S/C17H12Cl2N4O2/c18-11-5-3-6-12(19)14(11)21-16(24)15-17(25)23(10-4-8-20)13-7-1-2-9-22(13)15/h1-3,5-7,9H,4,10H2,(H-,21,24,25). The fourth-order valence-electron chi connectivity index (χ4n) is 2.55. The van der Waals surface area contributed by atoms with Crippen LogP contribution in [0.4, 0.5) is 5.69 Å². The van der Waals surface area contributed by atoms with Crippen LogP contribution in [0.25, 0.3) is 5.65 Å². The topological polar surface area (TPSA) is 85.0 Å². The number of nitrogens with one attached hydrogen (secondary N) is 1. The van der Waals surface area contributed by atoms with Gasteiger partial charge in [-0.1, -0.05) is 35.3 Å². The Morgan fingerprint density at radius 3 is 2.64 bits per heavy atom. The van der Waals surface area contributed by atoms with E-state index in [4.69, 9.17) is 28.5 Å². The highest BCUT2D eigenvalue weighted by Crippen LogP contribution is 2.30.